The molecule has 0 bridgehead atoms. The Morgan fingerprint density at radius 2 is 1.67 bits per heavy atom. The molecule has 0 spiro atoms. The Morgan fingerprint density at radius 1 is 1.10 bits per heavy atom. The zero-order valence-electron chi connectivity index (χ0n) is 14.6. The molecule has 0 aliphatic carbocycles. The van der Waals surface area contributed by atoms with Gasteiger partial charge in [0.25, 0.3) is 0 Å². The van der Waals surface area contributed by atoms with Gasteiger partial charge in [0.05, 0.1) is 13.2 Å². The van der Waals surface area contributed by atoms with Crippen molar-refractivity contribution in [2.24, 2.45) is 0 Å². The van der Waals surface area contributed by atoms with Crippen molar-refractivity contribution < 1.29 is 4.74 Å². The van der Waals surface area contributed by atoms with Crippen molar-refractivity contribution in [1.82, 2.24) is 10.2 Å². The molecule has 0 unspecified atom stereocenters. The molecule has 0 saturated heterocycles. The van der Waals surface area contributed by atoms with Crippen LogP contribution in [0.25, 0.3) is 0 Å². The van der Waals surface area contributed by atoms with Crippen LogP contribution in [0.5, 0.6) is 0 Å². The van der Waals surface area contributed by atoms with E-state index in [1.807, 2.05) is 0 Å². The Hall–Kier alpha value is -0.900. The standard InChI is InChI=1S/C18H32N2O/c1-15(2)19-12-11-16-7-9-17(10-8-16)13-21-14-18(3,4)20(5)6/h7-10,15,19H,11-14H2,1-6H3. The molecule has 0 aromatic heterocycles. The van der Waals surface area contributed by atoms with Gasteiger partial charge in [-0.05, 0) is 52.0 Å². The van der Waals surface area contributed by atoms with E-state index in [9.17, 15) is 0 Å². The molecule has 21 heavy (non-hydrogen) atoms. The minimum Gasteiger partial charge on any atom is -0.375 e. The molecule has 0 saturated carbocycles. The van der Waals surface area contributed by atoms with Crippen molar-refractivity contribution in [2.45, 2.75) is 52.3 Å². The van der Waals surface area contributed by atoms with Crippen molar-refractivity contribution in [1.29, 1.82) is 0 Å². The molecule has 0 aliphatic heterocycles. The van der Waals surface area contributed by atoms with Gasteiger partial charge in [0.2, 0.25) is 0 Å². The van der Waals surface area contributed by atoms with Crippen LogP contribution in [-0.2, 0) is 17.8 Å². The maximum absolute atomic E-state index is 5.84. The van der Waals surface area contributed by atoms with Crippen molar-refractivity contribution >= 4 is 0 Å². The van der Waals surface area contributed by atoms with E-state index in [0.717, 1.165) is 19.6 Å². The van der Waals surface area contributed by atoms with E-state index in [0.29, 0.717) is 12.6 Å². The summed E-state index contributed by atoms with van der Waals surface area (Å²) in [6.07, 6.45) is 1.08. The van der Waals surface area contributed by atoms with E-state index in [4.69, 9.17) is 4.74 Å². The predicted molar refractivity (Wildman–Crippen MR) is 90.7 cm³/mol. The second kappa shape index (κ2) is 8.52. The van der Waals surface area contributed by atoms with Crippen LogP contribution in [-0.4, -0.2) is 43.7 Å². The minimum absolute atomic E-state index is 0.0719. The Morgan fingerprint density at radius 3 is 2.19 bits per heavy atom. The molecule has 120 valence electrons. The summed E-state index contributed by atoms with van der Waals surface area (Å²) in [4.78, 5) is 2.19. The summed E-state index contributed by atoms with van der Waals surface area (Å²) in [5, 5.41) is 3.44. The third-order valence-electron chi connectivity index (χ3n) is 3.92. The highest BCUT2D eigenvalue weighted by Gasteiger charge is 2.20. The van der Waals surface area contributed by atoms with Gasteiger partial charge in [-0.2, -0.15) is 0 Å². The third kappa shape index (κ3) is 7.07. The average Bonchev–Trinajstić information content (AvgIpc) is 2.40. The van der Waals surface area contributed by atoms with E-state index in [2.05, 4.69) is 76.3 Å². The molecular formula is C18H32N2O. The molecular weight excluding hydrogens is 260 g/mol. The Balaban J connectivity index is 2.34. The SMILES string of the molecule is CC(C)NCCc1ccc(COCC(C)(C)N(C)C)cc1. The van der Waals surface area contributed by atoms with Crippen LogP contribution in [0.15, 0.2) is 24.3 Å². The van der Waals surface area contributed by atoms with Gasteiger partial charge in [0.1, 0.15) is 0 Å². The number of nitrogens with zero attached hydrogens (tertiary/aromatic N) is 1. The smallest absolute Gasteiger partial charge is 0.0717 e. The van der Waals surface area contributed by atoms with E-state index in [-0.39, 0.29) is 5.54 Å². The van der Waals surface area contributed by atoms with Crippen molar-refractivity contribution in [2.75, 3.05) is 27.2 Å². The van der Waals surface area contributed by atoms with Crippen molar-refractivity contribution in [3.05, 3.63) is 35.4 Å². The largest absolute Gasteiger partial charge is 0.375 e. The van der Waals surface area contributed by atoms with Gasteiger partial charge in [-0.1, -0.05) is 38.1 Å². The summed E-state index contributed by atoms with van der Waals surface area (Å²) in [7, 11) is 4.17. The first-order valence-electron chi connectivity index (χ1n) is 7.87. The summed E-state index contributed by atoms with van der Waals surface area (Å²) in [5.41, 5.74) is 2.69. The first-order chi connectivity index (χ1) is 9.81. The van der Waals surface area contributed by atoms with E-state index in [1.54, 1.807) is 0 Å². The normalized spacial score (nSPS) is 12.4. The zero-order valence-corrected chi connectivity index (χ0v) is 14.6. The van der Waals surface area contributed by atoms with Gasteiger partial charge in [0.15, 0.2) is 0 Å². The number of rotatable bonds is 9. The summed E-state index contributed by atoms with van der Waals surface area (Å²) >= 11 is 0. The van der Waals surface area contributed by atoms with Crippen molar-refractivity contribution in [3.8, 4) is 0 Å². The maximum Gasteiger partial charge on any atom is 0.0717 e. The molecule has 0 amide bonds. The molecule has 0 atom stereocenters. The van der Waals surface area contributed by atoms with Crippen LogP contribution >= 0.6 is 0 Å². The first-order valence-corrected chi connectivity index (χ1v) is 7.87. The first kappa shape index (κ1) is 18.1. The second-order valence-corrected chi connectivity index (χ2v) is 6.87. The molecule has 1 aromatic rings. The van der Waals surface area contributed by atoms with Crippen LogP contribution in [0.2, 0.25) is 0 Å². The number of likely N-dealkylation sites (N-methyl/N-ethyl adjacent to an activating group) is 1. The highest BCUT2D eigenvalue weighted by Crippen LogP contribution is 2.12. The minimum atomic E-state index is 0.0719. The predicted octanol–water partition coefficient (Wildman–Crippen LogP) is 3.08. The fourth-order valence-corrected chi connectivity index (χ4v) is 1.86. The highest BCUT2D eigenvalue weighted by molar-refractivity contribution is 5.22. The summed E-state index contributed by atoms with van der Waals surface area (Å²) in [6.45, 7) is 11.2. The molecule has 0 heterocycles. The second-order valence-electron chi connectivity index (χ2n) is 6.87. The lowest BCUT2D eigenvalue weighted by atomic mass is 10.1. The quantitative estimate of drug-likeness (QED) is 0.757. The summed E-state index contributed by atoms with van der Waals surface area (Å²) in [5.74, 6) is 0. The van der Waals surface area contributed by atoms with Crippen LogP contribution in [0.3, 0.4) is 0 Å². The van der Waals surface area contributed by atoms with Gasteiger partial charge in [-0.25, -0.2) is 0 Å². The molecule has 0 fully saturated rings. The van der Waals surface area contributed by atoms with Gasteiger partial charge in [-0.3, -0.25) is 0 Å². The van der Waals surface area contributed by atoms with Crippen molar-refractivity contribution in [3.63, 3.8) is 0 Å². The Bertz CT molecular complexity index is 396. The monoisotopic (exact) mass is 292 g/mol. The molecule has 1 aromatic carbocycles. The number of ether oxygens (including phenoxy) is 1. The number of hydrogen-bond acceptors (Lipinski definition) is 3. The Kier molecular flexibility index (Phi) is 7.36. The lowest BCUT2D eigenvalue weighted by Crippen LogP contribution is -2.42. The molecule has 3 nitrogen and oxygen atoms in total. The number of hydrogen-bond donors (Lipinski definition) is 1. The maximum atomic E-state index is 5.84. The van der Waals surface area contributed by atoms with Crippen LogP contribution in [0, 0.1) is 0 Å². The number of benzene rings is 1. The summed E-state index contributed by atoms with van der Waals surface area (Å²) in [6, 6.07) is 9.31. The van der Waals surface area contributed by atoms with Gasteiger partial charge >= 0.3 is 0 Å². The fraction of sp³-hybridized carbons (Fsp3) is 0.667. The van der Waals surface area contributed by atoms with E-state index < -0.39 is 0 Å². The molecule has 0 aliphatic rings. The molecule has 0 radical (unpaired) electrons. The van der Waals surface area contributed by atoms with Gasteiger partial charge < -0.3 is 15.0 Å². The summed E-state index contributed by atoms with van der Waals surface area (Å²) < 4.78 is 5.84. The molecule has 1 rings (SSSR count). The molecule has 1 N–H and O–H groups in total. The lowest BCUT2D eigenvalue weighted by molar-refractivity contribution is 0.0275. The highest BCUT2D eigenvalue weighted by atomic mass is 16.5. The average molecular weight is 292 g/mol. The van der Waals surface area contributed by atoms with Crippen LogP contribution < -0.4 is 5.32 Å². The van der Waals surface area contributed by atoms with Gasteiger partial charge in [-0.15, -0.1) is 0 Å². The van der Waals surface area contributed by atoms with Crippen LogP contribution in [0.1, 0.15) is 38.8 Å². The van der Waals surface area contributed by atoms with Crippen LogP contribution in [0.4, 0.5) is 0 Å². The topological polar surface area (TPSA) is 24.5 Å². The number of nitrogens with one attached hydrogen (secondary N) is 1. The lowest BCUT2D eigenvalue weighted by Gasteiger charge is -2.32. The third-order valence-corrected chi connectivity index (χ3v) is 3.92. The molecule has 3 heteroatoms. The van der Waals surface area contributed by atoms with E-state index in [1.165, 1.54) is 11.1 Å². The van der Waals surface area contributed by atoms with Gasteiger partial charge in [0, 0.05) is 11.6 Å². The Labute approximate surface area is 130 Å². The zero-order chi connectivity index (χ0) is 15.9. The van der Waals surface area contributed by atoms with E-state index >= 15 is 0 Å². The fourth-order valence-electron chi connectivity index (χ4n) is 1.86.